The second kappa shape index (κ2) is 5.35. The van der Waals surface area contributed by atoms with E-state index in [0.29, 0.717) is 0 Å². The van der Waals surface area contributed by atoms with Gasteiger partial charge in [0.25, 0.3) is 6.43 Å². The average Bonchev–Trinajstić information content (AvgIpc) is 2.32. The highest BCUT2D eigenvalue weighted by atomic mass is 19.3. The molecular formula is C11H16F2N4. The van der Waals surface area contributed by atoms with Crippen molar-refractivity contribution in [2.45, 2.75) is 38.3 Å². The van der Waals surface area contributed by atoms with Crippen molar-refractivity contribution in [3.63, 3.8) is 0 Å². The zero-order valence-corrected chi connectivity index (χ0v) is 9.66. The summed E-state index contributed by atoms with van der Waals surface area (Å²) in [5.74, 6) is 0.197. The van der Waals surface area contributed by atoms with Crippen LogP contribution in [-0.4, -0.2) is 28.6 Å². The standard InChI is InChI=1S/C11H16F2N4/c1-7-8(3-2-4-14-7)17-11-9(10(12)13)15-5-6-16-11/h5-8,10,14H,2-4H2,1H3,(H,16,17). The summed E-state index contributed by atoms with van der Waals surface area (Å²) in [4.78, 5) is 7.62. The van der Waals surface area contributed by atoms with Crippen molar-refractivity contribution in [2.24, 2.45) is 0 Å². The zero-order valence-electron chi connectivity index (χ0n) is 9.66. The van der Waals surface area contributed by atoms with E-state index >= 15 is 0 Å². The van der Waals surface area contributed by atoms with Crippen LogP contribution in [0.2, 0.25) is 0 Å². The van der Waals surface area contributed by atoms with Gasteiger partial charge in [0.2, 0.25) is 0 Å². The summed E-state index contributed by atoms with van der Waals surface area (Å²) < 4.78 is 25.4. The Labute approximate surface area is 98.9 Å². The molecule has 2 N–H and O–H groups in total. The monoisotopic (exact) mass is 242 g/mol. The molecule has 2 atom stereocenters. The van der Waals surface area contributed by atoms with Crippen molar-refractivity contribution in [3.8, 4) is 0 Å². The first kappa shape index (κ1) is 12.2. The van der Waals surface area contributed by atoms with Gasteiger partial charge in [0.1, 0.15) is 5.69 Å². The van der Waals surface area contributed by atoms with Crippen LogP contribution in [0.5, 0.6) is 0 Å². The normalized spacial score (nSPS) is 24.9. The van der Waals surface area contributed by atoms with E-state index in [1.54, 1.807) is 0 Å². The van der Waals surface area contributed by atoms with E-state index in [4.69, 9.17) is 0 Å². The van der Waals surface area contributed by atoms with Crippen molar-refractivity contribution in [3.05, 3.63) is 18.1 Å². The Morgan fingerprint density at radius 2 is 2.18 bits per heavy atom. The third-order valence-corrected chi connectivity index (χ3v) is 3.02. The highest BCUT2D eigenvalue weighted by Gasteiger charge is 2.23. The first-order valence-corrected chi connectivity index (χ1v) is 5.77. The van der Waals surface area contributed by atoms with Crippen LogP contribution in [0.3, 0.4) is 0 Å². The summed E-state index contributed by atoms with van der Waals surface area (Å²) in [5, 5.41) is 6.37. The summed E-state index contributed by atoms with van der Waals surface area (Å²) in [6, 6.07) is 0.370. The molecule has 4 nitrogen and oxygen atoms in total. The second-order valence-electron chi connectivity index (χ2n) is 4.23. The lowest BCUT2D eigenvalue weighted by Crippen LogP contribution is -2.46. The molecule has 0 spiro atoms. The van der Waals surface area contributed by atoms with E-state index < -0.39 is 6.43 Å². The number of rotatable bonds is 3. The lowest BCUT2D eigenvalue weighted by molar-refractivity contribution is 0.146. The van der Waals surface area contributed by atoms with Gasteiger partial charge in [-0.3, -0.25) is 0 Å². The topological polar surface area (TPSA) is 49.8 Å². The fourth-order valence-corrected chi connectivity index (χ4v) is 2.04. The second-order valence-corrected chi connectivity index (χ2v) is 4.23. The number of nitrogens with one attached hydrogen (secondary N) is 2. The van der Waals surface area contributed by atoms with Crippen molar-refractivity contribution in [1.82, 2.24) is 15.3 Å². The molecule has 1 fully saturated rings. The van der Waals surface area contributed by atoms with Crippen LogP contribution in [0.1, 0.15) is 31.9 Å². The SMILES string of the molecule is CC1NCCCC1Nc1nccnc1C(F)F. The molecule has 94 valence electrons. The third-order valence-electron chi connectivity index (χ3n) is 3.02. The van der Waals surface area contributed by atoms with Gasteiger partial charge in [-0.15, -0.1) is 0 Å². The number of aromatic nitrogens is 2. The molecular weight excluding hydrogens is 226 g/mol. The lowest BCUT2D eigenvalue weighted by atomic mass is 10.00. The van der Waals surface area contributed by atoms with Crippen LogP contribution in [0.25, 0.3) is 0 Å². The molecule has 0 aliphatic carbocycles. The third kappa shape index (κ3) is 2.88. The molecule has 0 aromatic carbocycles. The first-order chi connectivity index (χ1) is 8.18. The minimum Gasteiger partial charge on any atom is -0.364 e. The Balaban J connectivity index is 2.12. The maximum Gasteiger partial charge on any atom is 0.283 e. The molecule has 17 heavy (non-hydrogen) atoms. The number of hydrogen-bond acceptors (Lipinski definition) is 4. The molecule has 2 unspecified atom stereocenters. The van der Waals surface area contributed by atoms with Gasteiger partial charge in [0.15, 0.2) is 5.82 Å². The van der Waals surface area contributed by atoms with E-state index in [0.717, 1.165) is 19.4 Å². The van der Waals surface area contributed by atoms with Crippen LogP contribution >= 0.6 is 0 Å². The predicted octanol–water partition coefficient (Wildman–Crippen LogP) is 1.97. The van der Waals surface area contributed by atoms with Gasteiger partial charge in [-0.2, -0.15) is 0 Å². The highest BCUT2D eigenvalue weighted by Crippen LogP contribution is 2.24. The predicted molar refractivity (Wildman–Crippen MR) is 61.1 cm³/mol. The molecule has 0 radical (unpaired) electrons. The molecule has 2 heterocycles. The fraction of sp³-hybridized carbons (Fsp3) is 0.636. The number of piperidine rings is 1. The minimum absolute atomic E-state index is 0.123. The maximum absolute atomic E-state index is 12.7. The minimum atomic E-state index is -2.60. The fourth-order valence-electron chi connectivity index (χ4n) is 2.04. The molecule has 1 saturated heterocycles. The molecule has 1 aromatic heterocycles. The molecule has 1 aromatic rings. The highest BCUT2D eigenvalue weighted by molar-refractivity contribution is 5.41. The molecule has 0 amide bonds. The van der Waals surface area contributed by atoms with E-state index in [1.165, 1.54) is 12.4 Å². The lowest BCUT2D eigenvalue weighted by Gasteiger charge is -2.31. The molecule has 2 rings (SSSR count). The summed E-state index contributed by atoms with van der Waals surface area (Å²) >= 11 is 0. The van der Waals surface area contributed by atoms with Crippen LogP contribution in [-0.2, 0) is 0 Å². The molecule has 1 aliphatic rings. The van der Waals surface area contributed by atoms with Gasteiger partial charge >= 0.3 is 0 Å². The summed E-state index contributed by atoms with van der Waals surface area (Å²) in [6.07, 6.45) is 2.10. The molecule has 0 saturated carbocycles. The number of alkyl halides is 2. The van der Waals surface area contributed by atoms with E-state index in [9.17, 15) is 8.78 Å². The van der Waals surface area contributed by atoms with Crippen LogP contribution in [0, 0.1) is 0 Å². The van der Waals surface area contributed by atoms with Crippen LogP contribution < -0.4 is 10.6 Å². The zero-order chi connectivity index (χ0) is 12.3. The van der Waals surface area contributed by atoms with Gasteiger partial charge in [-0.25, -0.2) is 18.7 Å². The molecule has 1 aliphatic heterocycles. The van der Waals surface area contributed by atoms with Crippen molar-refractivity contribution in [2.75, 3.05) is 11.9 Å². The van der Waals surface area contributed by atoms with E-state index in [2.05, 4.69) is 20.6 Å². The Hall–Kier alpha value is -1.30. The maximum atomic E-state index is 12.7. The summed E-state index contributed by atoms with van der Waals surface area (Å²) in [7, 11) is 0. The van der Waals surface area contributed by atoms with E-state index in [-0.39, 0.29) is 23.6 Å². The van der Waals surface area contributed by atoms with Crippen molar-refractivity contribution < 1.29 is 8.78 Å². The molecule has 6 heteroatoms. The summed E-state index contributed by atoms with van der Waals surface area (Å²) in [5.41, 5.74) is -0.273. The van der Waals surface area contributed by atoms with Gasteiger partial charge < -0.3 is 10.6 Å². The van der Waals surface area contributed by atoms with E-state index in [1.807, 2.05) is 6.92 Å². The Morgan fingerprint density at radius 3 is 2.88 bits per heavy atom. The Kier molecular flexibility index (Phi) is 3.83. The van der Waals surface area contributed by atoms with Crippen LogP contribution in [0.4, 0.5) is 14.6 Å². The molecule has 0 bridgehead atoms. The summed E-state index contributed by atoms with van der Waals surface area (Å²) in [6.45, 7) is 3.01. The van der Waals surface area contributed by atoms with Crippen molar-refractivity contribution >= 4 is 5.82 Å². The van der Waals surface area contributed by atoms with Crippen molar-refractivity contribution in [1.29, 1.82) is 0 Å². The number of nitrogens with zero attached hydrogens (tertiary/aromatic N) is 2. The number of anilines is 1. The van der Waals surface area contributed by atoms with Crippen LogP contribution in [0.15, 0.2) is 12.4 Å². The largest absolute Gasteiger partial charge is 0.364 e. The smallest absolute Gasteiger partial charge is 0.283 e. The van der Waals surface area contributed by atoms with Gasteiger partial charge in [0, 0.05) is 24.5 Å². The number of halogens is 2. The Morgan fingerprint density at radius 1 is 1.41 bits per heavy atom. The number of hydrogen-bond donors (Lipinski definition) is 2. The average molecular weight is 242 g/mol. The van der Waals surface area contributed by atoms with Gasteiger partial charge in [-0.1, -0.05) is 0 Å². The van der Waals surface area contributed by atoms with Gasteiger partial charge in [-0.05, 0) is 26.3 Å². The van der Waals surface area contributed by atoms with Gasteiger partial charge in [0.05, 0.1) is 0 Å². The first-order valence-electron chi connectivity index (χ1n) is 5.77. The quantitative estimate of drug-likeness (QED) is 0.850. The Bertz CT molecular complexity index is 372.